The SMILES string of the molecule is N[PH](=O)N(N1CCOC1=O)N1CCOC1=O. The number of hydrazine groups is 2. The number of carbonyl (C=O) groups excluding carboxylic acids is 2. The number of hydrogen-bond acceptors (Lipinski definition) is 5. The Kier molecular flexibility index (Phi) is 2.99. The van der Waals surface area contributed by atoms with Gasteiger partial charge in [0, 0.05) is 0 Å². The summed E-state index contributed by atoms with van der Waals surface area (Å²) in [5.74, 6) is 0. The van der Waals surface area contributed by atoms with Crippen LogP contribution in [0.5, 0.6) is 0 Å². The molecule has 0 bridgehead atoms. The van der Waals surface area contributed by atoms with Crippen LogP contribution < -0.4 is 5.50 Å². The van der Waals surface area contributed by atoms with Crippen LogP contribution in [0.1, 0.15) is 0 Å². The number of cyclic esters (lactones) is 2. The smallest absolute Gasteiger partial charge is 0.426 e. The third kappa shape index (κ3) is 1.84. The van der Waals surface area contributed by atoms with Gasteiger partial charge in [0.05, 0.1) is 13.1 Å². The van der Waals surface area contributed by atoms with E-state index < -0.39 is 20.3 Å². The van der Waals surface area contributed by atoms with Crippen molar-refractivity contribution in [1.82, 2.24) is 14.9 Å². The Morgan fingerprint density at radius 1 is 1.12 bits per heavy atom. The van der Waals surface area contributed by atoms with Crippen LogP contribution >= 0.6 is 8.10 Å². The van der Waals surface area contributed by atoms with E-state index in [1.807, 2.05) is 0 Å². The zero-order chi connectivity index (χ0) is 11.7. The standard InChI is InChI=1S/C6H11N4O5P/c7-16(13)10(8-1-3-14-5(8)11)9-2-4-15-6(9)12/h16H,1-4H2,(H2,7,13). The van der Waals surface area contributed by atoms with Crippen LogP contribution in [0.15, 0.2) is 0 Å². The van der Waals surface area contributed by atoms with Crippen LogP contribution in [0.4, 0.5) is 9.59 Å². The number of ether oxygens (including phenoxy) is 2. The summed E-state index contributed by atoms with van der Waals surface area (Å²) in [5, 5.41) is 2.07. The van der Waals surface area contributed by atoms with Gasteiger partial charge in [-0.05, 0) is 0 Å². The molecule has 0 aromatic rings. The van der Waals surface area contributed by atoms with E-state index in [0.717, 1.165) is 14.9 Å². The van der Waals surface area contributed by atoms with Gasteiger partial charge in [-0.25, -0.2) is 19.6 Å². The second kappa shape index (κ2) is 4.28. The van der Waals surface area contributed by atoms with E-state index in [0.29, 0.717) is 0 Å². The molecule has 0 saturated carbocycles. The van der Waals surface area contributed by atoms with Crippen LogP contribution in [0.3, 0.4) is 0 Å². The van der Waals surface area contributed by atoms with E-state index in [1.165, 1.54) is 0 Å². The lowest BCUT2D eigenvalue weighted by molar-refractivity contribution is -0.0333. The molecule has 2 saturated heterocycles. The Morgan fingerprint density at radius 2 is 1.56 bits per heavy atom. The first kappa shape index (κ1) is 11.2. The van der Waals surface area contributed by atoms with E-state index in [1.54, 1.807) is 0 Å². The second-order valence-electron chi connectivity index (χ2n) is 3.10. The average Bonchev–Trinajstić information content (AvgIpc) is 2.79. The van der Waals surface area contributed by atoms with Gasteiger partial charge in [-0.15, -0.1) is 0 Å². The molecule has 1 unspecified atom stereocenters. The van der Waals surface area contributed by atoms with Crippen LogP contribution in [0.25, 0.3) is 0 Å². The summed E-state index contributed by atoms with van der Waals surface area (Å²) in [6, 6.07) is 0. The van der Waals surface area contributed by atoms with Crippen molar-refractivity contribution in [2.45, 2.75) is 0 Å². The molecule has 0 aromatic heterocycles. The molecule has 16 heavy (non-hydrogen) atoms. The van der Waals surface area contributed by atoms with Crippen LogP contribution in [0, 0.1) is 0 Å². The molecule has 10 heteroatoms. The number of nitrogens with zero attached hydrogens (tertiary/aromatic N) is 3. The molecule has 0 aliphatic carbocycles. The molecular weight excluding hydrogens is 239 g/mol. The molecule has 2 N–H and O–H groups in total. The van der Waals surface area contributed by atoms with Gasteiger partial charge in [0.2, 0.25) is 8.10 Å². The molecule has 0 radical (unpaired) electrons. The predicted octanol–water partition coefficient (Wildman–Crippen LogP) is -0.629. The van der Waals surface area contributed by atoms with Crippen LogP contribution in [-0.4, -0.2) is 53.4 Å². The second-order valence-corrected chi connectivity index (χ2v) is 4.18. The normalized spacial score (nSPS) is 22.6. The van der Waals surface area contributed by atoms with Gasteiger partial charge < -0.3 is 9.47 Å². The lowest BCUT2D eigenvalue weighted by atomic mass is 10.7. The zero-order valence-corrected chi connectivity index (χ0v) is 9.29. The summed E-state index contributed by atoms with van der Waals surface area (Å²) in [4.78, 5) is 23.5. The quantitative estimate of drug-likeness (QED) is 0.664. The highest BCUT2D eigenvalue weighted by Crippen LogP contribution is 2.27. The van der Waals surface area contributed by atoms with E-state index in [9.17, 15) is 14.2 Å². The van der Waals surface area contributed by atoms with E-state index >= 15 is 0 Å². The number of rotatable bonds is 3. The maximum Gasteiger partial charge on any atom is 0.426 e. The molecule has 2 heterocycles. The van der Waals surface area contributed by atoms with Crippen LogP contribution in [0.2, 0.25) is 0 Å². The van der Waals surface area contributed by atoms with Gasteiger partial charge >= 0.3 is 12.2 Å². The predicted molar refractivity (Wildman–Crippen MR) is 51.1 cm³/mol. The molecule has 2 fully saturated rings. The Labute approximate surface area is 91.5 Å². The molecule has 0 aromatic carbocycles. The first-order valence-electron chi connectivity index (χ1n) is 4.59. The average molecular weight is 250 g/mol. The fraction of sp³-hybridized carbons (Fsp3) is 0.667. The number of hydrogen-bond donors (Lipinski definition) is 1. The van der Waals surface area contributed by atoms with Gasteiger partial charge in [-0.2, -0.15) is 0 Å². The van der Waals surface area contributed by atoms with Crippen molar-refractivity contribution in [3.63, 3.8) is 0 Å². The van der Waals surface area contributed by atoms with E-state index in [2.05, 4.69) is 9.47 Å². The Balaban J connectivity index is 2.19. The number of nitrogens with two attached hydrogens (primary N) is 1. The molecule has 90 valence electrons. The fourth-order valence-electron chi connectivity index (χ4n) is 1.48. The Bertz CT molecular complexity index is 324. The van der Waals surface area contributed by atoms with Crippen LogP contribution in [-0.2, 0) is 14.0 Å². The number of carbonyl (C=O) groups is 2. The van der Waals surface area contributed by atoms with Crippen molar-refractivity contribution in [2.75, 3.05) is 26.3 Å². The minimum absolute atomic E-state index is 0.174. The Hall–Kier alpha value is -1.31. The van der Waals surface area contributed by atoms with Crippen molar-refractivity contribution < 1.29 is 23.6 Å². The molecule has 9 nitrogen and oxygen atoms in total. The topological polar surface area (TPSA) is 105 Å². The van der Waals surface area contributed by atoms with Crippen molar-refractivity contribution >= 4 is 20.3 Å². The minimum Gasteiger partial charge on any atom is -0.446 e. The summed E-state index contributed by atoms with van der Waals surface area (Å²) >= 11 is 0. The largest absolute Gasteiger partial charge is 0.446 e. The monoisotopic (exact) mass is 250 g/mol. The highest BCUT2D eigenvalue weighted by molar-refractivity contribution is 7.39. The van der Waals surface area contributed by atoms with Crippen molar-refractivity contribution in [3.05, 3.63) is 0 Å². The third-order valence-electron chi connectivity index (χ3n) is 2.13. The summed E-state index contributed by atoms with van der Waals surface area (Å²) in [5.41, 5.74) is 5.29. The van der Waals surface area contributed by atoms with E-state index in [-0.39, 0.29) is 26.3 Å². The third-order valence-corrected chi connectivity index (χ3v) is 3.01. The number of amides is 2. The molecule has 1 atom stereocenters. The highest BCUT2D eigenvalue weighted by atomic mass is 31.1. The summed E-state index contributed by atoms with van der Waals surface area (Å²) in [7, 11) is -2.77. The van der Waals surface area contributed by atoms with Gasteiger partial charge in [0.1, 0.15) is 13.2 Å². The maximum atomic E-state index is 11.4. The van der Waals surface area contributed by atoms with Gasteiger partial charge in [-0.3, -0.25) is 10.1 Å². The molecular formula is C6H11N4O5P. The van der Waals surface area contributed by atoms with Gasteiger partial charge in [-0.1, -0.05) is 4.89 Å². The van der Waals surface area contributed by atoms with Gasteiger partial charge in [0.25, 0.3) is 0 Å². The minimum atomic E-state index is -2.77. The highest BCUT2D eigenvalue weighted by Gasteiger charge is 2.39. The van der Waals surface area contributed by atoms with Crippen molar-refractivity contribution in [2.24, 2.45) is 5.50 Å². The lowest BCUT2D eigenvalue weighted by Gasteiger charge is -2.32. The first-order chi connectivity index (χ1) is 7.61. The molecule has 0 spiro atoms. The first-order valence-corrected chi connectivity index (χ1v) is 6.02. The lowest BCUT2D eigenvalue weighted by Crippen LogP contribution is -2.50. The molecule has 2 aliphatic rings. The molecule has 2 aliphatic heterocycles. The summed E-state index contributed by atoms with van der Waals surface area (Å²) in [6.45, 7) is 0.757. The fourth-order valence-corrected chi connectivity index (χ4v) is 2.32. The maximum absolute atomic E-state index is 11.4. The zero-order valence-electron chi connectivity index (χ0n) is 8.29. The van der Waals surface area contributed by atoms with Crippen molar-refractivity contribution in [1.29, 1.82) is 0 Å². The summed E-state index contributed by atoms with van der Waals surface area (Å²) in [6.07, 6.45) is -1.35. The van der Waals surface area contributed by atoms with Crippen molar-refractivity contribution in [3.8, 4) is 0 Å². The van der Waals surface area contributed by atoms with E-state index in [4.69, 9.17) is 5.50 Å². The molecule has 2 rings (SSSR count). The summed E-state index contributed by atoms with van der Waals surface area (Å²) < 4.78 is 20.8. The van der Waals surface area contributed by atoms with Gasteiger partial charge in [0.15, 0.2) is 0 Å². The molecule has 2 amide bonds. The Morgan fingerprint density at radius 3 is 1.81 bits per heavy atom.